The zero-order valence-electron chi connectivity index (χ0n) is 17.6. The summed E-state index contributed by atoms with van der Waals surface area (Å²) in [4.78, 5) is 15.4. The molecule has 2 aromatic rings. The molecule has 0 saturated heterocycles. The van der Waals surface area contributed by atoms with Gasteiger partial charge in [-0.3, -0.25) is 9.69 Å². The highest BCUT2D eigenvalue weighted by atomic mass is 16.6. The van der Waals surface area contributed by atoms with E-state index in [1.54, 1.807) is 0 Å². The number of carbonyl (C=O) groups excluding carboxylic acids is 1. The van der Waals surface area contributed by atoms with Gasteiger partial charge in [-0.2, -0.15) is 0 Å². The maximum Gasteiger partial charge on any atom is 0.311 e. The van der Waals surface area contributed by atoms with Crippen LogP contribution in [0, 0.1) is 5.92 Å². The zero-order chi connectivity index (χ0) is 20.1. The van der Waals surface area contributed by atoms with Crippen molar-refractivity contribution in [2.24, 2.45) is 5.92 Å². The molecule has 28 heavy (non-hydrogen) atoms. The number of rotatable bonds is 6. The average Bonchev–Trinajstić information content (AvgIpc) is 3.15. The second kappa shape index (κ2) is 8.91. The summed E-state index contributed by atoms with van der Waals surface area (Å²) in [7, 11) is 0. The van der Waals surface area contributed by atoms with Crippen LogP contribution in [0.1, 0.15) is 64.1 Å². The quantitative estimate of drug-likeness (QED) is 0.598. The first-order valence-corrected chi connectivity index (χ1v) is 10.4. The van der Waals surface area contributed by atoms with E-state index >= 15 is 0 Å². The Balaban J connectivity index is 1.87. The molecule has 3 rings (SSSR count). The average molecular weight is 380 g/mol. The molecule has 0 N–H and O–H groups in total. The van der Waals surface area contributed by atoms with Crippen molar-refractivity contribution >= 4 is 5.97 Å². The van der Waals surface area contributed by atoms with Crippen LogP contribution in [0.15, 0.2) is 60.7 Å². The smallest absolute Gasteiger partial charge is 0.311 e. The van der Waals surface area contributed by atoms with Crippen LogP contribution in [0.3, 0.4) is 0 Å². The zero-order valence-corrected chi connectivity index (χ0v) is 17.6. The van der Waals surface area contributed by atoms with Crippen molar-refractivity contribution in [2.45, 2.75) is 71.2 Å². The molecule has 150 valence electrons. The van der Waals surface area contributed by atoms with Crippen molar-refractivity contribution in [1.82, 2.24) is 4.90 Å². The second-order valence-corrected chi connectivity index (χ2v) is 8.88. The molecule has 1 aliphatic carbocycles. The van der Waals surface area contributed by atoms with Gasteiger partial charge in [0.2, 0.25) is 0 Å². The van der Waals surface area contributed by atoms with Crippen molar-refractivity contribution in [3.63, 3.8) is 0 Å². The van der Waals surface area contributed by atoms with E-state index in [-0.39, 0.29) is 24.0 Å². The van der Waals surface area contributed by atoms with Gasteiger partial charge in [0.15, 0.2) is 0 Å². The molecule has 0 aromatic heterocycles. The van der Waals surface area contributed by atoms with Crippen LogP contribution in [0.5, 0.6) is 0 Å². The van der Waals surface area contributed by atoms with Crippen LogP contribution in [0.4, 0.5) is 0 Å². The van der Waals surface area contributed by atoms with Crippen molar-refractivity contribution in [2.75, 3.05) is 0 Å². The Morgan fingerprint density at radius 3 is 2.25 bits per heavy atom. The van der Waals surface area contributed by atoms with E-state index in [2.05, 4.69) is 66.4 Å². The van der Waals surface area contributed by atoms with Gasteiger partial charge < -0.3 is 4.74 Å². The third kappa shape index (κ3) is 5.23. The topological polar surface area (TPSA) is 29.5 Å². The molecule has 1 aliphatic rings. The van der Waals surface area contributed by atoms with E-state index in [1.165, 1.54) is 11.1 Å². The second-order valence-electron chi connectivity index (χ2n) is 8.88. The molecule has 0 bridgehead atoms. The maximum absolute atomic E-state index is 12.9. The Morgan fingerprint density at radius 2 is 1.64 bits per heavy atom. The highest BCUT2D eigenvalue weighted by Gasteiger charge is 2.40. The molecule has 0 aliphatic heterocycles. The van der Waals surface area contributed by atoms with Crippen LogP contribution < -0.4 is 0 Å². The summed E-state index contributed by atoms with van der Waals surface area (Å²) in [6.07, 6.45) is 3.02. The summed E-state index contributed by atoms with van der Waals surface area (Å²) in [6.45, 7) is 8.93. The number of hydrogen-bond acceptors (Lipinski definition) is 3. The van der Waals surface area contributed by atoms with E-state index in [1.807, 2.05) is 26.8 Å². The normalized spacial score (nSPS) is 20.9. The molecular formula is C25H33NO2. The lowest BCUT2D eigenvalue weighted by atomic mass is 9.96. The molecule has 1 fully saturated rings. The summed E-state index contributed by atoms with van der Waals surface area (Å²) in [5.74, 6) is -0.109. The van der Waals surface area contributed by atoms with E-state index in [0.29, 0.717) is 0 Å². The Bertz CT molecular complexity index is 751. The minimum Gasteiger partial charge on any atom is -0.460 e. The molecule has 1 saturated carbocycles. The lowest BCUT2D eigenvalue weighted by Gasteiger charge is -2.38. The summed E-state index contributed by atoms with van der Waals surface area (Å²) < 4.78 is 5.77. The molecular weight excluding hydrogens is 346 g/mol. The van der Waals surface area contributed by atoms with Gasteiger partial charge in [-0.05, 0) is 51.7 Å². The molecule has 2 aromatic carbocycles. The first-order valence-electron chi connectivity index (χ1n) is 10.4. The number of benzene rings is 2. The van der Waals surface area contributed by atoms with Gasteiger partial charge in [-0.15, -0.1) is 0 Å². The van der Waals surface area contributed by atoms with Crippen molar-refractivity contribution < 1.29 is 9.53 Å². The van der Waals surface area contributed by atoms with Crippen molar-refractivity contribution in [1.29, 1.82) is 0 Å². The molecule has 0 unspecified atom stereocenters. The standard InChI is InChI=1S/C25H33NO2/c1-19(21-14-9-6-10-15-21)26(18-20-12-7-5-8-13-20)23-17-11-16-22(23)24(27)28-25(2,3)4/h5-10,12-15,19,22-23H,11,16-18H2,1-4H3/t19-,22+,23-/m0/s1. The fourth-order valence-electron chi connectivity index (χ4n) is 4.25. The maximum atomic E-state index is 12.9. The first kappa shape index (κ1) is 20.6. The van der Waals surface area contributed by atoms with Crippen LogP contribution in [-0.4, -0.2) is 22.5 Å². The fourth-order valence-corrected chi connectivity index (χ4v) is 4.25. The minimum absolute atomic E-state index is 0.0478. The summed E-state index contributed by atoms with van der Waals surface area (Å²) >= 11 is 0. The fraction of sp³-hybridized carbons (Fsp3) is 0.480. The van der Waals surface area contributed by atoms with Gasteiger partial charge in [0.25, 0.3) is 0 Å². The molecule has 0 heterocycles. The predicted octanol–water partition coefficient (Wildman–Crippen LogP) is 5.76. The largest absolute Gasteiger partial charge is 0.460 e. The summed E-state index contributed by atoms with van der Waals surface area (Å²) in [5, 5.41) is 0. The molecule has 3 nitrogen and oxygen atoms in total. The van der Waals surface area contributed by atoms with Gasteiger partial charge >= 0.3 is 5.97 Å². The van der Waals surface area contributed by atoms with Crippen LogP contribution in [-0.2, 0) is 16.1 Å². The van der Waals surface area contributed by atoms with Crippen molar-refractivity contribution in [3.05, 3.63) is 71.8 Å². The molecule has 0 amide bonds. The lowest BCUT2D eigenvalue weighted by molar-refractivity contribution is -0.162. The number of nitrogens with zero attached hydrogens (tertiary/aromatic N) is 1. The van der Waals surface area contributed by atoms with E-state index < -0.39 is 5.60 Å². The van der Waals surface area contributed by atoms with Crippen LogP contribution >= 0.6 is 0 Å². The van der Waals surface area contributed by atoms with E-state index in [9.17, 15) is 4.79 Å². The summed E-state index contributed by atoms with van der Waals surface area (Å²) in [6, 6.07) is 21.6. The number of ether oxygens (including phenoxy) is 1. The van der Waals surface area contributed by atoms with Gasteiger partial charge in [0.05, 0.1) is 5.92 Å². The predicted molar refractivity (Wildman–Crippen MR) is 114 cm³/mol. The van der Waals surface area contributed by atoms with E-state index in [4.69, 9.17) is 4.74 Å². The Labute approximate surface area is 169 Å². The third-order valence-electron chi connectivity index (χ3n) is 5.60. The molecule has 0 radical (unpaired) electrons. The van der Waals surface area contributed by atoms with Crippen molar-refractivity contribution in [3.8, 4) is 0 Å². The SMILES string of the molecule is C[C@@H](c1ccccc1)N(Cc1ccccc1)[C@H]1CCC[C@H]1C(=O)OC(C)(C)C. The number of hydrogen-bond donors (Lipinski definition) is 0. The van der Waals surface area contributed by atoms with Gasteiger partial charge in [0, 0.05) is 18.6 Å². The van der Waals surface area contributed by atoms with Gasteiger partial charge in [-0.1, -0.05) is 67.1 Å². The Morgan fingerprint density at radius 1 is 1.04 bits per heavy atom. The van der Waals surface area contributed by atoms with E-state index in [0.717, 1.165) is 25.8 Å². The third-order valence-corrected chi connectivity index (χ3v) is 5.60. The number of carbonyl (C=O) groups is 1. The highest BCUT2D eigenvalue weighted by molar-refractivity contribution is 5.74. The molecule has 0 spiro atoms. The van der Waals surface area contributed by atoms with Gasteiger partial charge in [0.1, 0.15) is 5.60 Å². The monoisotopic (exact) mass is 379 g/mol. The minimum atomic E-state index is -0.445. The first-order chi connectivity index (χ1) is 13.3. The van der Waals surface area contributed by atoms with Crippen LogP contribution in [0.25, 0.3) is 0 Å². The summed E-state index contributed by atoms with van der Waals surface area (Å²) in [5.41, 5.74) is 2.12. The van der Waals surface area contributed by atoms with Gasteiger partial charge in [-0.25, -0.2) is 0 Å². The molecule has 3 atom stereocenters. The Hall–Kier alpha value is -2.13. The molecule has 3 heteroatoms. The van der Waals surface area contributed by atoms with Crippen LogP contribution in [0.2, 0.25) is 0 Å². The lowest BCUT2D eigenvalue weighted by Crippen LogP contribution is -2.43. The number of esters is 1. The highest BCUT2D eigenvalue weighted by Crippen LogP contribution is 2.37. The Kier molecular flexibility index (Phi) is 6.56.